The van der Waals surface area contributed by atoms with E-state index in [1.807, 2.05) is 12.3 Å². The first-order chi connectivity index (χ1) is 21.2. The summed E-state index contributed by atoms with van der Waals surface area (Å²) in [6, 6.07) is 11.0. The number of carbonyl (C=O) groups is 2. The monoisotopic (exact) mass is 633 g/mol. The lowest BCUT2D eigenvalue weighted by Crippen LogP contribution is -2.27. The zero-order valence-electron chi connectivity index (χ0n) is 27.9. The molecule has 1 fully saturated rings. The molecule has 0 bridgehead atoms. The highest BCUT2D eigenvalue weighted by molar-refractivity contribution is 6.76. The first-order valence-electron chi connectivity index (χ1n) is 15.7. The molecule has 45 heavy (non-hydrogen) atoms. The fraction of sp³-hybridized carbons (Fsp3) is 0.515. The van der Waals surface area contributed by atoms with Gasteiger partial charge < -0.3 is 19.4 Å². The predicted octanol–water partition coefficient (Wildman–Crippen LogP) is 6.82. The number of ether oxygens (including phenoxy) is 2. The molecule has 12 heteroatoms. The van der Waals surface area contributed by atoms with Crippen LogP contribution in [0.2, 0.25) is 25.7 Å². The van der Waals surface area contributed by atoms with E-state index in [1.54, 1.807) is 50.7 Å². The molecule has 2 amide bonds. The molecule has 1 aliphatic rings. The second-order valence-corrected chi connectivity index (χ2v) is 19.9. The molecule has 0 spiro atoms. The van der Waals surface area contributed by atoms with Crippen LogP contribution in [0.1, 0.15) is 56.6 Å². The minimum Gasteiger partial charge on any atom is -0.444 e. The molecule has 0 unspecified atom stereocenters. The summed E-state index contributed by atoms with van der Waals surface area (Å²) in [7, 11) is 0.554. The van der Waals surface area contributed by atoms with Crippen LogP contribution < -0.4 is 10.6 Å². The lowest BCUT2D eigenvalue weighted by molar-refractivity contribution is 0.0635. The van der Waals surface area contributed by atoms with Crippen LogP contribution in [0.4, 0.5) is 16.4 Å². The molecule has 0 aliphatic carbocycles. The van der Waals surface area contributed by atoms with E-state index in [9.17, 15) is 9.59 Å². The van der Waals surface area contributed by atoms with Gasteiger partial charge in [0.25, 0.3) is 5.91 Å². The summed E-state index contributed by atoms with van der Waals surface area (Å²) in [5.41, 5.74) is 2.68. The molecule has 0 radical (unpaired) electrons. The topological polar surface area (TPSA) is 116 Å². The smallest absolute Gasteiger partial charge is 0.413 e. The third kappa shape index (κ3) is 8.11. The summed E-state index contributed by atoms with van der Waals surface area (Å²) in [6.07, 6.45) is 3.67. The van der Waals surface area contributed by atoms with E-state index in [-0.39, 0.29) is 5.91 Å². The van der Waals surface area contributed by atoms with E-state index in [2.05, 4.69) is 62.8 Å². The van der Waals surface area contributed by atoms with Gasteiger partial charge in [0, 0.05) is 68.6 Å². The highest BCUT2D eigenvalue weighted by atomic mass is 28.3. The van der Waals surface area contributed by atoms with Gasteiger partial charge in [0.1, 0.15) is 18.1 Å². The molecule has 11 nitrogen and oxygen atoms in total. The standard InChI is InChI=1S/C33H47N7O4Si/c1-22-10-9-13-39(22)20-25-16-24-19-34-29(18-27(24)40(25)21-43-14-15-45(6,7)8)35-31(41)23-11-12-26-28(17-23)38(5)37-30(26)36-32(42)44-33(2,3)4/h11-12,16-19,22H,9-10,13-15,20-21H2,1-8H3,(H,34,35,41)(H,36,37,42)/t22-/m0/s1. The van der Waals surface area contributed by atoms with Gasteiger partial charge in [-0.15, -0.1) is 0 Å². The maximum absolute atomic E-state index is 13.4. The first kappa shape index (κ1) is 32.6. The lowest BCUT2D eigenvalue weighted by Gasteiger charge is -2.22. The number of nitrogens with one attached hydrogen (secondary N) is 2. The fourth-order valence-electron chi connectivity index (χ4n) is 5.61. The largest absolute Gasteiger partial charge is 0.444 e. The van der Waals surface area contributed by atoms with Crippen molar-refractivity contribution in [2.24, 2.45) is 7.05 Å². The average molecular weight is 634 g/mol. The molecule has 1 aliphatic heterocycles. The van der Waals surface area contributed by atoms with Crippen LogP contribution in [-0.2, 0) is 29.8 Å². The summed E-state index contributed by atoms with van der Waals surface area (Å²) in [5.74, 6) is 0.544. The number of anilines is 2. The minimum absolute atomic E-state index is 0.290. The number of hydrogen-bond acceptors (Lipinski definition) is 7. The molecular weight excluding hydrogens is 586 g/mol. The Balaban J connectivity index is 1.36. The number of amides is 2. The van der Waals surface area contributed by atoms with Crippen molar-refractivity contribution < 1.29 is 19.1 Å². The summed E-state index contributed by atoms with van der Waals surface area (Å²) >= 11 is 0. The van der Waals surface area contributed by atoms with E-state index in [0.29, 0.717) is 40.9 Å². The number of carbonyl (C=O) groups excluding carboxylic acids is 2. The van der Waals surface area contributed by atoms with Crippen molar-refractivity contribution >= 4 is 53.5 Å². The van der Waals surface area contributed by atoms with E-state index in [4.69, 9.17) is 9.47 Å². The Hall–Kier alpha value is -3.74. The van der Waals surface area contributed by atoms with Crippen molar-refractivity contribution in [3.05, 3.63) is 47.8 Å². The van der Waals surface area contributed by atoms with Crippen LogP contribution in [0.3, 0.4) is 0 Å². The molecule has 2 N–H and O–H groups in total. The third-order valence-corrected chi connectivity index (χ3v) is 9.82. The highest BCUT2D eigenvalue weighted by Gasteiger charge is 2.23. The number of pyridine rings is 1. The molecule has 242 valence electrons. The second-order valence-electron chi connectivity index (χ2n) is 14.3. The number of aryl methyl sites for hydroxylation is 1. The number of benzene rings is 1. The Kier molecular flexibility index (Phi) is 9.38. The van der Waals surface area contributed by atoms with Crippen molar-refractivity contribution in [2.45, 2.75) is 91.1 Å². The summed E-state index contributed by atoms with van der Waals surface area (Å²) in [6.45, 7) is 17.9. The molecular formula is C33H47N7O4Si. The van der Waals surface area contributed by atoms with Crippen molar-refractivity contribution in [1.29, 1.82) is 0 Å². The van der Waals surface area contributed by atoms with Crippen LogP contribution in [0, 0.1) is 0 Å². The Morgan fingerprint density at radius 3 is 2.56 bits per heavy atom. The zero-order valence-corrected chi connectivity index (χ0v) is 28.9. The highest BCUT2D eigenvalue weighted by Crippen LogP contribution is 2.28. The molecule has 3 aromatic heterocycles. The zero-order chi connectivity index (χ0) is 32.5. The Bertz CT molecular complexity index is 1700. The van der Waals surface area contributed by atoms with E-state index in [1.165, 1.54) is 18.5 Å². The average Bonchev–Trinajstić information content (AvgIpc) is 3.60. The normalized spacial score (nSPS) is 16.0. The van der Waals surface area contributed by atoms with Crippen molar-refractivity contribution in [2.75, 3.05) is 23.8 Å². The molecule has 0 saturated carbocycles. The van der Waals surface area contributed by atoms with Crippen LogP contribution in [0.15, 0.2) is 36.5 Å². The number of aromatic nitrogens is 4. The van der Waals surface area contributed by atoms with Gasteiger partial charge in [-0.1, -0.05) is 19.6 Å². The summed E-state index contributed by atoms with van der Waals surface area (Å²) < 4.78 is 15.4. The number of likely N-dealkylation sites (tertiary alicyclic amines) is 1. The van der Waals surface area contributed by atoms with Crippen molar-refractivity contribution in [1.82, 2.24) is 24.2 Å². The number of fused-ring (bicyclic) bond motifs is 2. The quantitative estimate of drug-likeness (QED) is 0.145. The molecule has 1 saturated heterocycles. The molecule has 5 rings (SSSR count). The molecule has 4 heterocycles. The number of rotatable bonds is 10. The predicted molar refractivity (Wildman–Crippen MR) is 181 cm³/mol. The van der Waals surface area contributed by atoms with Gasteiger partial charge in [-0.05, 0) is 77.4 Å². The summed E-state index contributed by atoms with van der Waals surface area (Å²) in [4.78, 5) is 32.8. The Labute approximate surface area is 266 Å². The molecule has 1 aromatic carbocycles. The van der Waals surface area contributed by atoms with E-state index >= 15 is 0 Å². The minimum atomic E-state index is -1.21. The number of hydrogen-bond donors (Lipinski definition) is 2. The van der Waals surface area contributed by atoms with Gasteiger partial charge in [-0.2, -0.15) is 5.10 Å². The SMILES string of the molecule is C[C@H]1CCCN1Cc1cc2cnc(NC(=O)c3ccc4c(NC(=O)OC(C)(C)C)nn(C)c4c3)cc2n1COCC[Si](C)(C)C. The Morgan fingerprint density at radius 1 is 1.09 bits per heavy atom. The van der Waals surface area contributed by atoms with Gasteiger partial charge in [0.05, 0.1) is 11.0 Å². The third-order valence-electron chi connectivity index (χ3n) is 8.12. The van der Waals surface area contributed by atoms with Crippen LogP contribution in [0.25, 0.3) is 21.8 Å². The van der Waals surface area contributed by atoms with Crippen molar-refractivity contribution in [3.63, 3.8) is 0 Å². The van der Waals surface area contributed by atoms with Gasteiger partial charge in [0.2, 0.25) is 0 Å². The van der Waals surface area contributed by atoms with Gasteiger partial charge in [0.15, 0.2) is 5.82 Å². The van der Waals surface area contributed by atoms with Gasteiger partial charge in [-0.3, -0.25) is 19.7 Å². The van der Waals surface area contributed by atoms with Crippen LogP contribution in [-0.4, -0.2) is 69.1 Å². The molecule has 1 atom stereocenters. The number of nitrogens with zero attached hydrogens (tertiary/aromatic N) is 5. The van der Waals surface area contributed by atoms with Crippen LogP contribution in [0.5, 0.6) is 0 Å². The first-order valence-corrected chi connectivity index (χ1v) is 19.5. The Morgan fingerprint density at radius 2 is 1.87 bits per heavy atom. The van der Waals surface area contributed by atoms with Gasteiger partial charge >= 0.3 is 6.09 Å². The second kappa shape index (κ2) is 12.9. The lowest BCUT2D eigenvalue weighted by atomic mass is 10.1. The maximum atomic E-state index is 13.4. The van der Waals surface area contributed by atoms with Gasteiger partial charge in [-0.25, -0.2) is 9.78 Å². The van der Waals surface area contributed by atoms with E-state index in [0.717, 1.165) is 36.6 Å². The summed E-state index contributed by atoms with van der Waals surface area (Å²) in [5, 5.41) is 11.8. The van der Waals surface area contributed by atoms with E-state index < -0.39 is 19.8 Å². The molecule has 4 aromatic rings. The fourth-order valence-corrected chi connectivity index (χ4v) is 6.37. The van der Waals surface area contributed by atoms with Crippen LogP contribution >= 0.6 is 0 Å². The maximum Gasteiger partial charge on any atom is 0.413 e. The van der Waals surface area contributed by atoms with Crippen molar-refractivity contribution in [3.8, 4) is 0 Å².